The van der Waals surface area contributed by atoms with Gasteiger partial charge < -0.3 is 5.32 Å². The van der Waals surface area contributed by atoms with Gasteiger partial charge in [-0.1, -0.05) is 36.4 Å². The van der Waals surface area contributed by atoms with Crippen molar-refractivity contribution < 1.29 is 9.18 Å². The summed E-state index contributed by atoms with van der Waals surface area (Å²) in [6, 6.07) is 17.8. The molecule has 0 bridgehead atoms. The molecule has 4 aromatic rings. The molecule has 1 fully saturated rings. The highest BCUT2D eigenvalue weighted by Crippen LogP contribution is 2.41. The monoisotopic (exact) mass is 505 g/mol. The van der Waals surface area contributed by atoms with Crippen molar-refractivity contribution in [1.82, 2.24) is 14.8 Å². The van der Waals surface area contributed by atoms with E-state index < -0.39 is 11.8 Å². The number of pyridine rings is 1. The molecule has 5 rings (SSSR count). The Morgan fingerprint density at radius 2 is 1.77 bits per heavy atom. The third kappa shape index (κ3) is 5.21. The number of aryl methyl sites for hydroxylation is 1. The molecule has 1 saturated heterocycles. The molecule has 2 N–H and O–H groups in total. The number of thioether (sulfide) groups is 1. The van der Waals surface area contributed by atoms with Crippen molar-refractivity contribution >= 4 is 41.1 Å². The van der Waals surface area contributed by atoms with Gasteiger partial charge in [-0.25, -0.2) is 13.9 Å². The number of benzene rings is 2. The van der Waals surface area contributed by atoms with Crippen molar-refractivity contribution in [3.63, 3.8) is 0 Å². The molecule has 0 aliphatic carbocycles. The van der Waals surface area contributed by atoms with Crippen molar-refractivity contribution in [2.24, 2.45) is 0 Å². The molecule has 178 valence electrons. The average Bonchev–Trinajstić information content (AvgIpc) is 3.24. The quantitative estimate of drug-likeness (QED) is 0.312. The van der Waals surface area contributed by atoms with Crippen LogP contribution in [0.5, 0.6) is 0 Å². The van der Waals surface area contributed by atoms with Gasteiger partial charge in [0.05, 0.1) is 17.1 Å². The summed E-state index contributed by atoms with van der Waals surface area (Å²) in [4.78, 5) is 18.5. The highest BCUT2D eigenvalue weighted by atomic mass is 32.2. The molecule has 0 unspecified atom stereocenters. The molecule has 0 saturated carbocycles. The number of halogens is 1. The number of rotatable bonds is 6. The maximum Gasteiger partial charge on any atom is 0.324 e. The van der Waals surface area contributed by atoms with Crippen LogP contribution in [0.4, 0.5) is 20.7 Å². The summed E-state index contributed by atoms with van der Waals surface area (Å²) in [6.07, 6.45) is 3.38. The van der Waals surface area contributed by atoms with Gasteiger partial charge in [0.1, 0.15) is 11.6 Å². The zero-order valence-electron chi connectivity index (χ0n) is 19.3. The van der Waals surface area contributed by atoms with E-state index in [0.29, 0.717) is 5.82 Å². The van der Waals surface area contributed by atoms with E-state index in [1.807, 2.05) is 61.2 Å². The molecular weight excluding hydrogens is 481 g/mol. The third-order valence-corrected chi connectivity index (χ3v) is 8.44. The number of carbonyl (C=O) groups is 1. The average molecular weight is 506 g/mol. The van der Waals surface area contributed by atoms with E-state index in [0.717, 1.165) is 38.2 Å². The lowest BCUT2D eigenvalue weighted by Crippen LogP contribution is -2.37. The van der Waals surface area contributed by atoms with Gasteiger partial charge in [-0.3, -0.25) is 10.3 Å². The number of nitrogens with one attached hydrogen (secondary N) is 2. The maximum atomic E-state index is 14.8. The molecule has 2 aromatic heterocycles. The number of anilines is 2. The second-order valence-electron chi connectivity index (χ2n) is 8.72. The number of hydrogen-bond acceptors (Lipinski definition) is 5. The Labute approximate surface area is 211 Å². The van der Waals surface area contributed by atoms with Gasteiger partial charge >= 0.3 is 6.03 Å². The van der Waals surface area contributed by atoms with Crippen molar-refractivity contribution in [1.29, 1.82) is 0 Å². The molecule has 0 radical (unpaired) electrons. The van der Waals surface area contributed by atoms with Crippen LogP contribution < -0.4 is 10.6 Å². The Hall–Kier alpha value is -3.30. The van der Waals surface area contributed by atoms with Gasteiger partial charge in [-0.15, -0.1) is 0 Å². The molecule has 9 heteroatoms. The summed E-state index contributed by atoms with van der Waals surface area (Å²) in [5.41, 5.74) is 2.98. The normalized spacial score (nSPS) is 14.3. The van der Waals surface area contributed by atoms with Crippen LogP contribution in [0.1, 0.15) is 18.2 Å². The van der Waals surface area contributed by atoms with E-state index in [-0.39, 0.29) is 11.1 Å². The Bertz CT molecular complexity index is 1350. The van der Waals surface area contributed by atoms with Crippen LogP contribution in [-0.2, 0) is 5.41 Å². The lowest BCUT2D eigenvalue weighted by atomic mass is 9.91. The number of hydrogen-bond donors (Lipinski definition) is 2. The minimum atomic E-state index is -0.536. The van der Waals surface area contributed by atoms with E-state index in [2.05, 4.69) is 22.5 Å². The van der Waals surface area contributed by atoms with Gasteiger partial charge in [0.2, 0.25) is 0 Å². The molecule has 2 amide bonds. The summed E-state index contributed by atoms with van der Waals surface area (Å²) >= 11 is 3.30. The largest absolute Gasteiger partial charge is 0.324 e. The fourth-order valence-electron chi connectivity index (χ4n) is 3.68. The first kappa shape index (κ1) is 23.4. The lowest BCUT2D eigenvalue weighted by molar-refractivity contribution is 0.262. The van der Waals surface area contributed by atoms with Gasteiger partial charge in [-0.05, 0) is 49.4 Å². The minimum absolute atomic E-state index is 0.0259. The standard InChI is InChI=1S/C26H24FN5OS2/c1-17-3-5-18(6-4-17)32-24(14-23(31-32)26(2)15-34-16-26)30-25(33)29-22-8-7-20(13-21(22)27)35-19-9-11-28-12-10-19/h3-14H,15-16H2,1-2H3,(H2,29,30,33). The first-order valence-corrected chi connectivity index (χ1v) is 13.1. The van der Waals surface area contributed by atoms with Gasteiger partial charge in [0, 0.05) is 45.2 Å². The molecule has 0 spiro atoms. The zero-order valence-corrected chi connectivity index (χ0v) is 20.9. The van der Waals surface area contributed by atoms with Crippen LogP contribution in [0.3, 0.4) is 0 Å². The molecule has 2 aromatic carbocycles. The van der Waals surface area contributed by atoms with E-state index in [9.17, 15) is 9.18 Å². The second-order valence-corrected chi connectivity index (χ2v) is 10.9. The number of urea groups is 1. The fraction of sp³-hybridized carbons (Fsp3) is 0.192. The topological polar surface area (TPSA) is 71.8 Å². The maximum absolute atomic E-state index is 14.8. The number of carbonyl (C=O) groups excluding carboxylic acids is 1. The Kier molecular flexibility index (Phi) is 6.53. The van der Waals surface area contributed by atoms with Gasteiger partial charge in [0.25, 0.3) is 0 Å². The first-order valence-electron chi connectivity index (χ1n) is 11.1. The molecular formula is C26H24FN5OS2. The van der Waals surface area contributed by atoms with Crippen LogP contribution in [0.25, 0.3) is 5.69 Å². The van der Waals surface area contributed by atoms with Gasteiger partial charge in [-0.2, -0.15) is 16.9 Å². The molecule has 1 aliphatic rings. The predicted octanol–water partition coefficient (Wildman–Crippen LogP) is 6.51. The number of aromatic nitrogens is 3. The highest BCUT2D eigenvalue weighted by Gasteiger charge is 2.37. The second kappa shape index (κ2) is 9.75. The summed E-state index contributed by atoms with van der Waals surface area (Å²) in [7, 11) is 0. The van der Waals surface area contributed by atoms with Crippen LogP contribution in [-0.4, -0.2) is 32.3 Å². The highest BCUT2D eigenvalue weighted by molar-refractivity contribution is 8.00. The Morgan fingerprint density at radius 1 is 1.03 bits per heavy atom. The fourth-order valence-corrected chi connectivity index (χ4v) is 5.62. The summed E-state index contributed by atoms with van der Waals surface area (Å²) < 4.78 is 16.5. The van der Waals surface area contributed by atoms with Crippen LogP contribution in [0.2, 0.25) is 0 Å². The minimum Gasteiger partial charge on any atom is -0.305 e. The summed E-state index contributed by atoms with van der Waals surface area (Å²) in [5.74, 6) is 1.99. The van der Waals surface area contributed by atoms with E-state index in [4.69, 9.17) is 5.10 Å². The van der Waals surface area contributed by atoms with Crippen molar-refractivity contribution in [3.05, 3.63) is 90.1 Å². The SMILES string of the molecule is Cc1ccc(-n2nc(C3(C)CSC3)cc2NC(=O)Nc2ccc(Sc3ccncc3)cc2F)cc1. The van der Waals surface area contributed by atoms with Crippen molar-refractivity contribution in [3.8, 4) is 5.69 Å². The Balaban J connectivity index is 1.34. The predicted molar refractivity (Wildman–Crippen MR) is 140 cm³/mol. The van der Waals surface area contributed by atoms with Gasteiger partial charge in [0.15, 0.2) is 0 Å². The Morgan fingerprint density at radius 3 is 2.43 bits per heavy atom. The number of amides is 2. The smallest absolute Gasteiger partial charge is 0.305 e. The molecule has 1 aliphatic heterocycles. The van der Waals surface area contributed by atoms with Crippen molar-refractivity contribution in [2.75, 3.05) is 22.1 Å². The first-order chi connectivity index (χ1) is 16.9. The summed E-state index contributed by atoms with van der Waals surface area (Å²) in [5, 5.41) is 10.3. The molecule has 6 nitrogen and oxygen atoms in total. The molecule has 3 heterocycles. The number of nitrogens with zero attached hydrogens (tertiary/aromatic N) is 3. The summed E-state index contributed by atoms with van der Waals surface area (Å²) in [6.45, 7) is 4.20. The third-order valence-electron chi connectivity index (χ3n) is 5.76. The van der Waals surface area contributed by atoms with E-state index >= 15 is 0 Å². The molecule has 35 heavy (non-hydrogen) atoms. The molecule has 0 atom stereocenters. The van der Waals surface area contributed by atoms with Crippen LogP contribution in [0.15, 0.2) is 82.8 Å². The van der Waals surface area contributed by atoms with Crippen molar-refractivity contribution in [2.45, 2.75) is 29.1 Å². The zero-order chi connectivity index (χ0) is 24.4. The van der Waals surface area contributed by atoms with Crippen LogP contribution in [0, 0.1) is 12.7 Å². The van der Waals surface area contributed by atoms with Crippen LogP contribution >= 0.6 is 23.5 Å². The van der Waals surface area contributed by atoms with E-state index in [1.165, 1.54) is 17.8 Å². The van der Waals surface area contributed by atoms with E-state index in [1.54, 1.807) is 29.2 Å². The lowest BCUT2D eigenvalue weighted by Gasteiger charge is -2.35.